The maximum absolute atomic E-state index is 14.6. The first-order valence-electron chi connectivity index (χ1n) is 11.0. The maximum Gasteiger partial charge on any atom is 0.343 e. The number of aliphatic hydroxyl groups is 1. The number of halogens is 2. The Morgan fingerprint density at radius 1 is 1.26 bits per heavy atom. The summed E-state index contributed by atoms with van der Waals surface area (Å²) in [6.07, 6.45) is 1.58. The first-order chi connectivity index (χ1) is 16.0. The number of methoxy groups -OCH3 is 1. The summed E-state index contributed by atoms with van der Waals surface area (Å²) in [7, 11) is 1.20. The van der Waals surface area contributed by atoms with Gasteiger partial charge in [-0.2, -0.15) is 0 Å². The summed E-state index contributed by atoms with van der Waals surface area (Å²) in [5.74, 6) is -0.917. The van der Waals surface area contributed by atoms with Gasteiger partial charge in [-0.3, -0.25) is 4.79 Å². The summed E-state index contributed by atoms with van der Waals surface area (Å²) >= 11 is 5.94. The van der Waals surface area contributed by atoms with Crippen LogP contribution in [-0.2, 0) is 11.2 Å². The van der Waals surface area contributed by atoms with E-state index in [4.69, 9.17) is 21.1 Å². The molecule has 0 saturated carbocycles. The molecule has 0 bridgehead atoms. The lowest BCUT2D eigenvalue weighted by molar-refractivity contribution is 0.0596. The van der Waals surface area contributed by atoms with Crippen molar-refractivity contribution in [1.29, 1.82) is 0 Å². The molecule has 0 radical (unpaired) electrons. The molecule has 1 aromatic heterocycles. The topological polar surface area (TPSA) is 77.8 Å². The van der Waals surface area contributed by atoms with E-state index in [0.29, 0.717) is 29.0 Å². The fourth-order valence-electron chi connectivity index (χ4n) is 4.06. The lowest BCUT2D eigenvalue weighted by Gasteiger charge is -2.33. The monoisotopic (exact) mass is 489 g/mol. The second-order valence-corrected chi connectivity index (χ2v) is 9.56. The zero-order valence-electron chi connectivity index (χ0n) is 19.9. The second-order valence-electron chi connectivity index (χ2n) is 9.15. The van der Waals surface area contributed by atoms with Gasteiger partial charge in [-0.05, 0) is 41.7 Å². The van der Waals surface area contributed by atoms with Crippen LogP contribution >= 0.6 is 11.6 Å². The first-order valence-corrected chi connectivity index (χ1v) is 11.4. The van der Waals surface area contributed by atoms with Gasteiger partial charge in [-0.25, -0.2) is 9.18 Å². The third-order valence-electron chi connectivity index (χ3n) is 5.79. The van der Waals surface area contributed by atoms with Crippen molar-refractivity contribution in [3.05, 3.63) is 74.3 Å². The number of aliphatic hydroxyl groups excluding tert-OH is 1. The molecule has 0 amide bonds. The van der Waals surface area contributed by atoms with Crippen molar-refractivity contribution in [1.82, 2.24) is 4.57 Å². The standard InChI is InChI=1S/C26H29ClFNO5/c1-6-34-20-12-15(10-16-8-7-9-19(27)22(16)28)11-17-23(20)29(21(14-30)26(2,3)4)13-18(24(17)31)25(32)33-5/h7-9,11-13,21,30H,6,10,14H2,1-5H3. The minimum Gasteiger partial charge on any atom is -0.492 e. The summed E-state index contributed by atoms with van der Waals surface area (Å²) in [4.78, 5) is 25.9. The molecule has 0 saturated heterocycles. The molecule has 2 aromatic carbocycles. The van der Waals surface area contributed by atoms with Crippen molar-refractivity contribution in [2.24, 2.45) is 5.41 Å². The molecule has 1 N–H and O–H groups in total. The average molecular weight is 490 g/mol. The highest BCUT2D eigenvalue weighted by Crippen LogP contribution is 2.36. The molecule has 0 aliphatic heterocycles. The maximum atomic E-state index is 14.6. The zero-order chi connectivity index (χ0) is 25.2. The van der Waals surface area contributed by atoms with E-state index in [2.05, 4.69) is 0 Å². The number of aromatic nitrogens is 1. The molecule has 8 heteroatoms. The van der Waals surface area contributed by atoms with Gasteiger partial charge in [0.05, 0.1) is 42.3 Å². The van der Waals surface area contributed by atoms with Crippen LogP contribution in [0.25, 0.3) is 10.9 Å². The number of hydrogen-bond acceptors (Lipinski definition) is 5. The second kappa shape index (κ2) is 10.2. The van der Waals surface area contributed by atoms with Gasteiger partial charge in [0.1, 0.15) is 17.1 Å². The SMILES string of the molecule is CCOc1cc(Cc2cccc(Cl)c2F)cc2c(=O)c(C(=O)OC)cn(C(CO)C(C)(C)C)c12. The molecule has 1 unspecified atom stereocenters. The number of rotatable bonds is 7. The van der Waals surface area contributed by atoms with Crippen LogP contribution in [0.5, 0.6) is 5.75 Å². The van der Waals surface area contributed by atoms with Crippen LogP contribution in [-0.4, -0.2) is 36.0 Å². The van der Waals surface area contributed by atoms with E-state index in [1.807, 2.05) is 27.7 Å². The van der Waals surface area contributed by atoms with Crippen LogP contribution in [0, 0.1) is 11.2 Å². The molecule has 34 heavy (non-hydrogen) atoms. The first kappa shape index (κ1) is 25.7. The zero-order valence-corrected chi connectivity index (χ0v) is 20.7. The fraction of sp³-hybridized carbons (Fsp3) is 0.385. The number of carbonyl (C=O) groups excluding carboxylic acids is 1. The summed E-state index contributed by atoms with van der Waals surface area (Å²) in [5.41, 5.74) is 0.310. The Balaban J connectivity index is 2.39. The van der Waals surface area contributed by atoms with E-state index in [1.54, 1.807) is 28.8 Å². The van der Waals surface area contributed by atoms with E-state index >= 15 is 0 Å². The van der Waals surface area contributed by atoms with Gasteiger partial charge < -0.3 is 19.1 Å². The van der Waals surface area contributed by atoms with Crippen LogP contribution in [0.15, 0.2) is 41.3 Å². The summed E-state index contributed by atoms with van der Waals surface area (Å²) < 4.78 is 27.0. The number of benzene rings is 2. The molecule has 0 spiro atoms. The van der Waals surface area contributed by atoms with E-state index in [-0.39, 0.29) is 29.0 Å². The Kier molecular flexibility index (Phi) is 7.68. The lowest BCUT2D eigenvalue weighted by atomic mass is 9.86. The predicted octanol–water partition coefficient (Wildman–Crippen LogP) is 5.15. The van der Waals surface area contributed by atoms with E-state index in [9.17, 15) is 19.1 Å². The number of hydrogen-bond donors (Lipinski definition) is 1. The highest BCUT2D eigenvalue weighted by Gasteiger charge is 2.30. The predicted molar refractivity (Wildman–Crippen MR) is 131 cm³/mol. The Hall–Kier alpha value is -2.90. The molecule has 3 aromatic rings. The number of pyridine rings is 1. The van der Waals surface area contributed by atoms with Crippen LogP contribution in [0.1, 0.15) is 55.2 Å². The molecule has 0 aliphatic rings. The van der Waals surface area contributed by atoms with E-state index < -0.39 is 28.7 Å². The molecule has 0 fully saturated rings. The Morgan fingerprint density at radius 2 is 1.97 bits per heavy atom. The Bertz CT molecular complexity index is 1280. The van der Waals surface area contributed by atoms with Crippen LogP contribution in [0.2, 0.25) is 5.02 Å². The fourth-order valence-corrected chi connectivity index (χ4v) is 4.26. The summed E-state index contributed by atoms with van der Waals surface area (Å²) in [6.45, 7) is 7.75. The van der Waals surface area contributed by atoms with Crippen molar-refractivity contribution in [3.63, 3.8) is 0 Å². The number of nitrogens with zero attached hydrogens (tertiary/aromatic N) is 1. The van der Waals surface area contributed by atoms with E-state index in [1.165, 1.54) is 19.4 Å². The van der Waals surface area contributed by atoms with Crippen LogP contribution in [0.3, 0.4) is 0 Å². The van der Waals surface area contributed by atoms with E-state index in [0.717, 1.165) is 0 Å². The van der Waals surface area contributed by atoms with Gasteiger partial charge in [0.15, 0.2) is 0 Å². The molecule has 6 nitrogen and oxygen atoms in total. The Morgan fingerprint density at radius 3 is 2.56 bits per heavy atom. The van der Waals surface area contributed by atoms with Crippen molar-refractivity contribution >= 4 is 28.5 Å². The van der Waals surface area contributed by atoms with Gasteiger partial charge in [0.25, 0.3) is 0 Å². The highest BCUT2D eigenvalue weighted by molar-refractivity contribution is 6.30. The van der Waals surface area contributed by atoms with Gasteiger partial charge in [-0.1, -0.05) is 44.5 Å². The molecule has 3 rings (SSSR count). The lowest BCUT2D eigenvalue weighted by Crippen LogP contribution is -2.31. The number of esters is 1. The molecule has 182 valence electrons. The number of fused-ring (bicyclic) bond motifs is 1. The van der Waals surface area contributed by atoms with Gasteiger partial charge in [-0.15, -0.1) is 0 Å². The molecular weight excluding hydrogens is 461 g/mol. The van der Waals surface area contributed by atoms with Crippen LogP contribution < -0.4 is 10.2 Å². The van der Waals surface area contributed by atoms with Gasteiger partial charge in [0, 0.05) is 12.6 Å². The van der Waals surface area contributed by atoms with Crippen molar-refractivity contribution < 1.29 is 23.8 Å². The minimum atomic E-state index is -0.782. The van der Waals surface area contributed by atoms with Gasteiger partial charge >= 0.3 is 5.97 Å². The number of carbonyl (C=O) groups is 1. The molecule has 1 heterocycles. The summed E-state index contributed by atoms with van der Waals surface area (Å²) in [5, 5.41) is 10.5. The molecule has 1 atom stereocenters. The van der Waals surface area contributed by atoms with Crippen LogP contribution in [0.4, 0.5) is 4.39 Å². The molecule has 0 aliphatic carbocycles. The van der Waals surface area contributed by atoms with Crippen molar-refractivity contribution in [2.45, 2.75) is 40.2 Å². The third kappa shape index (κ3) is 4.95. The van der Waals surface area contributed by atoms with Crippen molar-refractivity contribution in [2.75, 3.05) is 20.3 Å². The minimum absolute atomic E-state index is 0.00891. The molecular formula is C26H29ClFNO5. The Labute approximate surface area is 202 Å². The average Bonchev–Trinajstić information content (AvgIpc) is 2.77. The highest BCUT2D eigenvalue weighted by atomic mass is 35.5. The third-order valence-corrected chi connectivity index (χ3v) is 6.08. The largest absolute Gasteiger partial charge is 0.492 e. The quantitative estimate of drug-likeness (QED) is 0.464. The van der Waals surface area contributed by atoms with Gasteiger partial charge in [0.2, 0.25) is 5.43 Å². The summed E-state index contributed by atoms with van der Waals surface area (Å²) in [6, 6.07) is 7.64. The normalized spacial score (nSPS) is 12.6. The smallest absolute Gasteiger partial charge is 0.343 e. The number of ether oxygens (including phenoxy) is 2. The van der Waals surface area contributed by atoms with Crippen molar-refractivity contribution in [3.8, 4) is 5.75 Å².